The SMILES string of the molecule is CCCNCCCS(=O)(=O)Nc1cc(Cl)c(C)cc1Br. The van der Waals surface area contributed by atoms with Gasteiger partial charge in [0.15, 0.2) is 0 Å². The van der Waals surface area contributed by atoms with Crippen molar-refractivity contribution in [3.63, 3.8) is 0 Å². The number of halogens is 2. The van der Waals surface area contributed by atoms with Gasteiger partial charge in [-0.2, -0.15) is 0 Å². The second-order valence-corrected chi connectivity index (χ2v) is 7.71. The zero-order valence-electron chi connectivity index (χ0n) is 11.7. The van der Waals surface area contributed by atoms with Crippen molar-refractivity contribution < 1.29 is 8.42 Å². The van der Waals surface area contributed by atoms with Gasteiger partial charge in [-0.05, 0) is 66.5 Å². The lowest BCUT2D eigenvalue weighted by atomic mass is 10.2. The third-order valence-electron chi connectivity index (χ3n) is 2.71. The average Bonchev–Trinajstić information content (AvgIpc) is 2.35. The number of rotatable bonds is 8. The van der Waals surface area contributed by atoms with Crippen molar-refractivity contribution in [3.8, 4) is 0 Å². The van der Waals surface area contributed by atoms with Gasteiger partial charge in [0.25, 0.3) is 0 Å². The third-order valence-corrected chi connectivity index (χ3v) is 5.13. The van der Waals surface area contributed by atoms with Crippen molar-refractivity contribution in [1.29, 1.82) is 0 Å². The van der Waals surface area contributed by atoms with Gasteiger partial charge in [-0.25, -0.2) is 8.42 Å². The van der Waals surface area contributed by atoms with Crippen LogP contribution in [0, 0.1) is 6.92 Å². The van der Waals surface area contributed by atoms with Gasteiger partial charge in [0.1, 0.15) is 0 Å². The number of nitrogens with one attached hydrogen (secondary N) is 2. The first kappa shape index (κ1) is 17.8. The van der Waals surface area contributed by atoms with E-state index >= 15 is 0 Å². The Morgan fingerprint density at radius 2 is 2.00 bits per heavy atom. The monoisotopic (exact) mass is 382 g/mol. The van der Waals surface area contributed by atoms with Crippen molar-refractivity contribution >= 4 is 43.2 Å². The standard InChI is InChI=1S/C13H20BrClN2O2S/c1-3-5-16-6-4-7-20(18,19)17-13-9-12(15)10(2)8-11(13)14/h8-9,16-17H,3-7H2,1-2H3. The summed E-state index contributed by atoms with van der Waals surface area (Å²) in [5.41, 5.74) is 1.37. The quantitative estimate of drug-likeness (QED) is 0.675. The lowest BCUT2D eigenvalue weighted by molar-refractivity contribution is 0.593. The predicted molar refractivity (Wildman–Crippen MR) is 89.1 cm³/mol. The van der Waals surface area contributed by atoms with Gasteiger partial charge in [0.05, 0.1) is 11.4 Å². The van der Waals surface area contributed by atoms with Crippen LogP contribution in [0.2, 0.25) is 5.02 Å². The Morgan fingerprint density at radius 1 is 1.30 bits per heavy atom. The highest BCUT2D eigenvalue weighted by Crippen LogP contribution is 2.29. The maximum absolute atomic E-state index is 12.0. The molecule has 1 aromatic rings. The first-order valence-electron chi connectivity index (χ1n) is 6.52. The molecule has 114 valence electrons. The topological polar surface area (TPSA) is 58.2 Å². The molecular weight excluding hydrogens is 364 g/mol. The maximum Gasteiger partial charge on any atom is 0.232 e. The van der Waals surface area contributed by atoms with Crippen molar-refractivity contribution in [2.24, 2.45) is 0 Å². The van der Waals surface area contributed by atoms with Crippen LogP contribution in [0.1, 0.15) is 25.3 Å². The summed E-state index contributed by atoms with van der Waals surface area (Å²) in [4.78, 5) is 0. The van der Waals surface area contributed by atoms with Crippen LogP contribution in [-0.2, 0) is 10.0 Å². The molecule has 0 fully saturated rings. The highest BCUT2D eigenvalue weighted by molar-refractivity contribution is 9.10. The van der Waals surface area contributed by atoms with E-state index in [1.54, 1.807) is 12.1 Å². The fourth-order valence-electron chi connectivity index (χ4n) is 1.63. The van der Waals surface area contributed by atoms with E-state index in [4.69, 9.17) is 11.6 Å². The number of aryl methyl sites for hydroxylation is 1. The van der Waals surface area contributed by atoms with E-state index in [1.807, 2.05) is 6.92 Å². The summed E-state index contributed by atoms with van der Waals surface area (Å²) in [7, 11) is -3.35. The lowest BCUT2D eigenvalue weighted by Crippen LogP contribution is -2.22. The molecule has 0 spiro atoms. The minimum atomic E-state index is -3.35. The van der Waals surface area contributed by atoms with Gasteiger partial charge >= 0.3 is 0 Å². The van der Waals surface area contributed by atoms with E-state index in [2.05, 4.69) is 32.9 Å². The lowest BCUT2D eigenvalue weighted by Gasteiger charge is -2.11. The molecule has 4 nitrogen and oxygen atoms in total. The van der Waals surface area contributed by atoms with E-state index in [0.717, 1.165) is 18.5 Å². The zero-order chi connectivity index (χ0) is 15.2. The molecule has 0 heterocycles. The number of benzene rings is 1. The smallest absolute Gasteiger partial charge is 0.232 e. The first-order chi connectivity index (χ1) is 9.35. The molecule has 0 saturated heterocycles. The largest absolute Gasteiger partial charge is 0.317 e. The van der Waals surface area contributed by atoms with Gasteiger partial charge in [0.2, 0.25) is 10.0 Å². The maximum atomic E-state index is 12.0. The molecule has 0 atom stereocenters. The Balaban J connectivity index is 2.60. The number of hydrogen-bond donors (Lipinski definition) is 2. The first-order valence-corrected chi connectivity index (χ1v) is 9.35. The summed E-state index contributed by atoms with van der Waals surface area (Å²) in [6.07, 6.45) is 1.62. The molecule has 0 aliphatic rings. The van der Waals surface area contributed by atoms with Crippen LogP contribution < -0.4 is 10.0 Å². The molecule has 0 aliphatic carbocycles. The fourth-order valence-corrected chi connectivity index (χ4v) is 3.61. The van der Waals surface area contributed by atoms with E-state index in [-0.39, 0.29) is 5.75 Å². The van der Waals surface area contributed by atoms with Crippen LogP contribution in [0.3, 0.4) is 0 Å². The molecule has 7 heteroatoms. The highest BCUT2D eigenvalue weighted by Gasteiger charge is 2.13. The second-order valence-electron chi connectivity index (χ2n) is 4.61. The Bertz CT molecular complexity index is 550. The molecule has 1 aromatic carbocycles. The van der Waals surface area contributed by atoms with E-state index < -0.39 is 10.0 Å². The van der Waals surface area contributed by atoms with Crippen LogP contribution in [-0.4, -0.2) is 27.3 Å². The molecule has 0 amide bonds. The molecule has 0 saturated carbocycles. The molecule has 2 N–H and O–H groups in total. The third kappa shape index (κ3) is 5.99. The van der Waals surface area contributed by atoms with Crippen molar-refractivity contribution in [3.05, 3.63) is 27.2 Å². The van der Waals surface area contributed by atoms with Crippen LogP contribution in [0.15, 0.2) is 16.6 Å². The minimum Gasteiger partial charge on any atom is -0.317 e. The molecule has 0 aromatic heterocycles. The molecule has 20 heavy (non-hydrogen) atoms. The van der Waals surface area contributed by atoms with Gasteiger partial charge in [-0.1, -0.05) is 18.5 Å². The van der Waals surface area contributed by atoms with E-state index in [1.165, 1.54) is 0 Å². The summed E-state index contributed by atoms with van der Waals surface area (Å²) in [5.74, 6) is 0.0850. The Morgan fingerprint density at radius 3 is 2.65 bits per heavy atom. The van der Waals surface area contributed by atoms with Gasteiger partial charge in [-0.15, -0.1) is 0 Å². The normalized spacial score (nSPS) is 11.6. The second kappa shape index (κ2) is 8.22. The highest BCUT2D eigenvalue weighted by atomic mass is 79.9. The molecule has 0 aliphatic heterocycles. The van der Waals surface area contributed by atoms with Crippen LogP contribution >= 0.6 is 27.5 Å². The molecule has 0 bridgehead atoms. The van der Waals surface area contributed by atoms with Gasteiger partial charge in [0, 0.05) is 9.50 Å². The Hall–Kier alpha value is -0.300. The molecule has 1 rings (SSSR count). The number of sulfonamides is 1. The summed E-state index contributed by atoms with van der Waals surface area (Å²) < 4.78 is 27.2. The predicted octanol–water partition coefficient (Wildman–Crippen LogP) is 3.54. The number of anilines is 1. The van der Waals surface area contributed by atoms with Crippen molar-refractivity contribution in [2.75, 3.05) is 23.6 Å². The summed E-state index contributed by atoms with van der Waals surface area (Å²) in [6, 6.07) is 3.41. The fraction of sp³-hybridized carbons (Fsp3) is 0.538. The molecular formula is C13H20BrClN2O2S. The average molecular weight is 384 g/mol. The van der Waals surface area contributed by atoms with E-state index in [0.29, 0.717) is 28.1 Å². The van der Waals surface area contributed by atoms with Crippen LogP contribution in [0.4, 0.5) is 5.69 Å². The summed E-state index contributed by atoms with van der Waals surface area (Å²) >= 11 is 9.35. The van der Waals surface area contributed by atoms with Crippen LogP contribution in [0.5, 0.6) is 0 Å². The number of hydrogen-bond acceptors (Lipinski definition) is 3. The van der Waals surface area contributed by atoms with Crippen molar-refractivity contribution in [1.82, 2.24) is 5.32 Å². The van der Waals surface area contributed by atoms with E-state index in [9.17, 15) is 8.42 Å². The zero-order valence-corrected chi connectivity index (χ0v) is 14.8. The van der Waals surface area contributed by atoms with Crippen LogP contribution in [0.25, 0.3) is 0 Å². The summed E-state index contributed by atoms with van der Waals surface area (Å²) in [5, 5.41) is 3.71. The van der Waals surface area contributed by atoms with Crippen molar-refractivity contribution in [2.45, 2.75) is 26.7 Å². The Labute approximate surface area is 134 Å². The van der Waals surface area contributed by atoms with Gasteiger partial charge < -0.3 is 5.32 Å². The Kier molecular flexibility index (Phi) is 7.29. The summed E-state index contributed by atoms with van der Waals surface area (Å²) in [6.45, 7) is 5.55. The van der Waals surface area contributed by atoms with Gasteiger partial charge in [-0.3, -0.25) is 4.72 Å². The molecule has 0 unspecified atom stereocenters. The molecule has 0 radical (unpaired) electrons. The minimum absolute atomic E-state index is 0.0850.